The van der Waals surface area contributed by atoms with Crippen molar-refractivity contribution in [2.75, 3.05) is 18.0 Å². The monoisotopic (exact) mass is 384 g/mol. The molecule has 0 atom stereocenters. The molecule has 0 saturated carbocycles. The van der Waals surface area contributed by atoms with Crippen LogP contribution in [0.4, 0.5) is 23.8 Å². The molecule has 6 nitrogen and oxygen atoms in total. The van der Waals surface area contributed by atoms with Gasteiger partial charge in [0.1, 0.15) is 0 Å². The number of carbonyl (C=O) groups is 2. The molecule has 2 heterocycles. The zero-order chi connectivity index (χ0) is 18.9. The van der Waals surface area contributed by atoms with E-state index in [-0.39, 0.29) is 23.9 Å². The van der Waals surface area contributed by atoms with E-state index in [1.165, 1.54) is 23.2 Å². The number of benzene rings is 1. The van der Waals surface area contributed by atoms with Crippen LogP contribution in [0.15, 0.2) is 36.5 Å². The highest BCUT2D eigenvalue weighted by molar-refractivity contribution is 6.30. The Kier molecular flexibility index (Phi) is 4.82. The number of imide groups is 1. The molecule has 1 fully saturated rings. The van der Waals surface area contributed by atoms with Gasteiger partial charge in [-0.2, -0.15) is 18.3 Å². The molecule has 2 aromatic rings. The number of hydrogen-bond donors (Lipinski definition) is 0. The number of urea groups is 1. The zero-order valence-corrected chi connectivity index (χ0v) is 14.0. The molecule has 1 aromatic heterocycles. The lowest BCUT2D eigenvalue weighted by molar-refractivity contribution is -0.138. The lowest BCUT2D eigenvalue weighted by Gasteiger charge is -2.33. The summed E-state index contributed by atoms with van der Waals surface area (Å²) in [4.78, 5) is 27.3. The number of aromatic nitrogens is 2. The Morgan fingerprint density at radius 3 is 2.62 bits per heavy atom. The number of carbonyl (C=O) groups excluding carboxylic acids is 2. The van der Waals surface area contributed by atoms with E-state index in [0.717, 1.165) is 11.0 Å². The van der Waals surface area contributed by atoms with Crippen molar-refractivity contribution < 1.29 is 22.8 Å². The first kappa shape index (κ1) is 18.1. The van der Waals surface area contributed by atoms with E-state index in [1.54, 1.807) is 6.07 Å². The molecule has 10 heteroatoms. The van der Waals surface area contributed by atoms with Crippen molar-refractivity contribution in [1.29, 1.82) is 0 Å². The standard InChI is InChI=1S/C16H12ClF3N4O2/c17-10-4-5-11(12(9-10)16(18,19)20)14(25)24-8-2-7-23(15(24)26)13-3-1-6-21-22-13/h1,3-6,9H,2,7-8H2. The SMILES string of the molecule is O=C(c1ccc(Cl)cc1C(F)(F)F)N1CCCN(c2cccnn2)C1=O. The second kappa shape index (κ2) is 6.91. The summed E-state index contributed by atoms with van der Waals surface area (Å²) in [6.45, 7) is 0.294. The van der Waals surface area contributed by atoms with Crippen molar-refractivity contribution in [3.8, 4) is 0 Å². The Bertz CT molecular complexity index is 845. The number of halogens is 4. The van der Waals surface area contributed by atoms with Gasteiger partial charge in [-0.1, -0.05) is 11.6 Å². The van der Waals surface area contributed by atoms with Gasteiger partial charge in [-0.3, -0.25) is 14.6 Å². The lowest BCUT2D eigenvalue weighted by Crippen LogP contribution is -2.52. The van der Waals surface area contributed by atoms with Crippen molar-refractivity contribution in [3.63, 3.8) is 0 Å². The molecule has 1 aliphatic rings. The summed E-state index contributed by atoms with van der Waals surface area (Å²) >= 11 is 5.63. The minimum absolute atomic E-state index is 0.00829. The number of hydrogen-bond acceptors (Lipinski definition) is 4. The Morgan fingerprint density at radius 2 is 1.96 bits per heavy atom. The van der Waals surface area contributed by atoms with Crippen LogP contribution >= 0.6 is 11.6 Å². The van der Waals surface area contributed by atoms with Crippen LogP contribution in [-0.2, 0) is 6.18 Å². The second-order valence-electron chi connectivity index (χ2n) is 5.51. The van der Waals surface area contributed by atoms with Gasteiger partial charge in [0.2, 0.25) is 0 Å². The van der Waals surface area contributed by atoms with E-state index < -0.39 is 29.2 Å². The first-order chi connectivity index (χ1) is 12.3. The molecule has 0 unspecified atom stereocenters. The summed E-state index contributed by atoms with van der Waals surface area (Å²) in [6, 6.07) is 5.18. The number of nitrogens with zero attached hydrogens (tertiary/aromatic N) is 4. The maximum atomic E-state index is 13.3. The van der Waals surface area contributed by atoms with Crippen LogP contribution in [-0.4, -0.2) is 40.1 Å². The summed E-state index contributed by atoms with van der Waals surface area (Å²) in [5.74, 6) is -0.810. The number of amides is 3. The Balaban J connectivity index is 1.94. The normalized spacial score (nSPS) is 15.3. The molecule has 0 aliphatic carbocycles. The van der Waals surface area contributed by atoms with Gasteiger partial charge < -0.3 is 0 Å². The molecule has 0 spiro atoms. The van der Waals surface area contributed by atoms with Gasteiger partial charge in [0.25, 0.3) is 5.91 Å². The molecular weight excluding hydrogens is 373 g/mol. The van der Waals surface area contributed by atoms with Gasteiger partial charge in [-0.05, 0) is 36.8 Å². The van der Waals surface area contributed by atoms with E-state index in [0.29, 0.717) is 12.5 Å². The van der Waals surface area contributed by atoms with Crippen LogP contribution in [0.25, 0.3) is 0 Å². The van der Waals surface area contributed by atoms with Crippen molar-refractivity contribution >= 4 is 29.4 Å². The molecule has 3 amide bonds. The summed E-state index contributed by atoms with van der Waals surface area (Å²) < 4.78 is 39.8. The lowest BCUT2D eigenvalue weighted by atomic mass is 10.1. The first-order valence-electron chi connectivity index (χ1n) is 7.57. The van der Waals surface area contributed by atoms with Crippen LogP contribution in [0, 0.1) is 0 Å². The van der Waals surface area contributed by atoms with Crippen molar-refractivity contribution in [2.24, 2.45) is 0 Å². The van der Waals surface area contributed by atoms with Gasteiger partial charge in [-0.15, -0.1) is 5.10 Å². The van der Waals surface area contributed by atoms with Crippen molar-refractivity contribution in [2.45, 2.75) is 12.6 Å². The van der Waals surface area contributed by atoms with E-state index in [4.69, 9.17) is 11.6 Å². The highest BCUT2D eigenvalue weighted by Crippen LogP contribution is 2.34. The summed E-state index contributed by atoms with van der Waals surface area (Å²) in [6.07, 6.45) is -2.97. The highest BCUT2D eigenvalue weighted by Gasteiger charge is 2.39. The third kappa shape index (κ3) is 3.48. The van der Waals surface area contributed by atoms with Crippen LogP contribution < -0.4 is 4.90 Å². The summed E-state index contributed by atoms with van der Waals surface area (Å²) in [5, 5.41) is 7.32. The van der Waals surface area contributed by atoms with E-state index in [9.17, 15) is 22.8 Å². The summed E-state index contributed by atoms with van der Waals surface area (Å²) in [5.41, 5.74) is -1.81. The molecule has 1 aromatic carbocycles. The molecule has 136 valence electrons. The Morgan fingerprint density at radius 1 is 1.19 bits per heavy atom. The zero-order valence-electron chi connectivity index (χ0n) is 13.2. The third-order valence-electron chi connectivity index (χ3n) is 3.82. The molecule has 1 aliphatic heterocycles. The fourth-order valence-electron chi connectivity index (χ4n) is 2.65. The fraction of sp³-hybridized carbons (Fsp3) is 0.250. The highest BCUT2D eigenvalue weighted by atomic mass is 35.5. The topological polar surface area (TPSA) is 66.4 Å². The molecule has 26 heavy (non-hydrogen) atoms. The third-order valence-corrected chi connectivity index (χ3v) is 4.06. The van der Waals surface area contributed by atoms with Crippen molar-refractivity contribution in [3.05, 3.63) is 52.7 Å². The van der Waals surface area contributed by atoms with Gasteiger partial charge >= 0.3 is 12.2 Å². The first-order valence-corrected chi connectivity index (χ1v) is 7.94. The Hall–Kier alpha value is -2.68. The maximum Gasteiger partial charge on any atom is 0.417 e. The van der Waals surface area contributed by atoms with Crippen LogP contribution in [0.3, 0.4) is 0 Å². The minimum atomic E-state index is -4.78. The molecule has 0 bridgehead atoms. The quantitative estimate of drug-likeness (QED) is 0.793. The number of anilines is 1. The van der Waals surface area contributed by atoms with Crippen molar-refractivity contribution in [1.82, 2.24) is 15.1 Å². The van der Waals surface area contributed by atoms with Crippen LogP contribution in [0.1, 0.15) is 22.3 Å². The van der Waals surface area contributed by atoms with Crippen LogP contribution in [0.5, 0.6) is 0 Å². The largest absolute Gasteiger partial charge is 0.417 e. The molecule has 1 saturated heterocycles. The Labute approximate surface area is 151 Å². The molecular formula is C16H12ClF3N4O2. The van der Waals surface area contributed by atoms with E-state index in [1.807, 2.05) is 0 Å². The predicted molar refractivity (Wildman–Crippen MR) is 86.9 cm³/mol. The minimum Gasteiger partial charge on any atom is -0.276 e. The second-order valence-corrected chi connectivity index (χ2v) is 5.95. The van der Waals surface area contributed by atoms with Crippen LogP contribution in [0.2, 0.25) is 5.02 Å². The molecule has 0 N–H and O–H groups in total. The number of alkyl halides is 3. The van der Waals surface area contributed by atoms with E-state index in [2.05, 4.69) is 10.2 Å². The molecule has 0 radical (unpaired) electrons. The predicted octanol–water partition coefficient (Wildman–Crippen LogP) is 3.62. The van der Waals surface area contributed by atoms with Gasteiger partial charge in [0.15, 0.2) is 5.82 Å². The van der Waals surface area contributed by atoms with Gasteiger partial charge in [0.05, 0.1) is 11.1 Å². The average molecular weight is 385 g/mol. The fourth-order valence-corrected chi connectivity index (χ4v) is 2.82. The summed E-state index contributed by atoms with van der Waals surface area (Å²) in [7, 11) is 0. The van der Waals surface area contributed by atoms with Gasteiger partial charge in [0, 0.05) is 24.3 Å². The smallest absolute Gasteiger partial charge is 0.276 e. The van der Waals surface area contributed by atoms with Gasteiger partial charge in [-0.25, -0.2) is 4.79 Å². The maximum absolute atomic E-state index is 13.3. The van der Waals surface area contributed by atoms with E-state index >= 15 is 0 Å². The number of rotatable bonds is 2. The molecule has 3 rings (SSSR count). The average Bonchev–Trinajstić information content (AvgIpc) is 2.61.